The topological polar surface area (TPSA) is 60.7 Å². The maximum atomic E-state index is 5.68. The van der Waals surface area contributed by atoms with Gasteiger partial charge in [-0.1, -0.05) is 17.3 Å². The highest BCUT2D eigenvalue weighted by Crippen LogP contribution is 2.28. The standard InChI is InChI=1S/C12H12N2O3/c1-8-13-12(14-17-8)10-4-2-3-5-11(10)16-7-9-6-15-9/h2-5,9H,6-7H2,1H3. The molecule has 1 aromatic carbocycles. The van der Waals surface area contributed by atoms with Crippen molar-refractivity contribution < 1.29 is 14.0 Å². The van der Waals surface area contributed by atoms with Gasteiger partial charge < -0.3 is 14.0 Å². The summed E-state index contributed by atoms with van der Waals surface area (Å²) >= 11 is 0. The molecule has 1 atom stereocenters. The number of aromatic nitrogens is 2. The van der Waals surface area contributed by atoms with Crippen LogP contribution in [0, 0.1) is 6.92 Å². The third kappa shape index (κ3) is 2.29. The molecule has 0 spiro atoms. The summed E-state index contributed by atoms with van der Waals surface area (Å²) in [6.07, 6.45) is 0.232. The molecule has 0 bridgehead atoms. The molecular formula is C12H12N2O3. The first-order valence-corrected chi connectivity index (χ1v) is 5.47. The Hall–Kier alpha value is -1.88. The minimum Gasteiger partial charge on any atom is -0.490 e. The minimum atomic E-state index is 0.232. The van der Waals surface area contributed by atoms with E-state index in [-0.39, 0.29) is 6.10 Å². The molecule has 88 valence electrons. The van der Waals surface area contributed by atoms with E-state index in [0.29, 0.717) is 18.3 Å². The Morgan fingerprint density at radius 3 is 2.94 bits per heavy atom. The molecule has 17 heavy (non-hydrogen) atoms. The molecule has 1 aliphatic heterocycles. The largest absolute Gasteiger partial charge is 0.490 e. The lowest BCUT2D eigenvalue weighted by molar-refractivity contribution is 0.263. The van der Waals surface area contributed by atoms with Crippen LogP contribution in [0.15, 0.2) is 28.8 Å². The van der Waals surface area contributed by atoms with Crippen molar-refractivity contribution >= 4 is 0 Å². The molecule has 0 amide bonds. The summed E-state index contributed by atoms with van der Waals surface area (Å²) in [6.45, 7) is 3.11. The molecule has 0 saturated carbocycles. The lowest BCUT2D eigenvalue weighted by Crippen LogP contribution is -2.05. The Morgan fingerprint density at radius 2 is 2.24 bits per heavy atom. The summed E-state index contributed by atoms with van der Waals surface area (Å²) in [5, 5.41) is 3.89. The predicted octanol–water partition coefficient (Wildman–Crippen LogP) is 1.82. The molecule has 1 fully saturated rings. The van der Waals surface area contributed by atoms with E-state index in [9.17, 15) is 0 Å². The van der Waals surface area contributed by atoms with Crippen LogP contribution in [-0.4, -0.2) is 29.5 Å². The second kappa shape index (κ2) is 4.18. The molecule has 0 radical (unpaired) electrons. The maximum Gasteiger partial charge on any atom is 0.223 e. The van der Waals surface area contributed by atoms with Gasteiger partial charge in [0.05, 0.1) is 12.2 Å². The number of hydrogen-bond donors (Lipinski definition) is 0. The van der Waals surface area contributed by atoms with Crippen LogP contribution in [0.1, 0.15) is 5.89 Å². The molecule has 1 saturated heterocycles. The molecule has 0 N–H and O–H groups in total. The fraction of sp³-hybridized carbons (Fsp3) is 0.333. The van der Waals surface area contributed by atoms with Crippen molar-refractivity contribution in [3.05, 3.63) is 30.2 Å². The lowest BCUT2D eigenvalue weighted by atomic mass is 10.2. The van der Waals surface area contributed by atoms with Crippen LogP contribution in [0.5, 0.6) is 5.75 Å². The van der Waals surface area contributed by atoms with E-state index in [2.05, 4.69) is 10.1 Å². The molecular weight excluding hydrogens is 220 g/mol. The Balaban J connectivity index is 1.86. The van der Waals surface area contributed by atoms with E-state index in [1.54, 1.807) is 6.92 Å². The van der Waals surface area contributed by atoms with Crippen LogP contribution >= 0.6 is 0 Å². The average molecular weight is 232 g/mol. The Kier molecular flexibility index (Phi) is 2.53. The average Bonchev–Trinajstić information content (AvgIpc) is 3.08. The molecule has 5 heteroatoms. The quantitative estimate of drug-likeness (QED) is 0.752. The fourth-order valence-corrected chi connectivity index (χ4v) is 1.53. The van der Waals surface area contributed by atoms with Gasteiger partial charge in [0.2, 0.25) is 11.7 Å². The number of rotatable bonds is 4. The SMILES string of the molecule is Cc1nc(-c2ccccc2OCC2CO2)no1. The summed E-state index contributed by atoms with van der Waals surface area (Å²) in [5.41, 5.74) is 0.838. The van der Waals surface area contributed by atoms with Gasteiger partial charge in [0.25, 0.3) is 0 Å². The molecule has 1 aromatic heterocycles. The normalized spacial score (nSPS) is 18.1. The van der Waals surface area contributed by atoms with Crippen molar-refractivity contribution in [2.75, 3.05) is 13.2 Å². The van der Waals surface area contributed by atoms with Gasteiger partial charge in [0.15, 0.2) is 0 Å². The number of para-hydroxylation sites is 1. The highest BCUT2D eigenvalue weighted by molar-refractivity contribution is 5.63. The summed E-state index contributed by atoms with van der Waals surface area (Å²) < 4.78 is 15.8. The molecule has 1 aliphatic rings. The van der Waals surface area contributed by atoms with Crippen LogP contribution in [0.2, 0.25) is 0 Å². The van der Waals surface area contributed by atoms with Crippen LogP contribution in [0.25, 0.3) is 11.4 Å². The molecule has 3 rings (SSSR count). The smallest absolute Gasteiger partial charge is 0.223 e. The Labute approximate surface area is 98.4 Å². The van der Waals surface area contributed by atoms with E-state index in [4.69, 9.17) is 14.0 Å². The second-order valence-electron chi connectivity index (χ2n) is 3.90. The number of benzene rings is 1. The zero-order valence-corrected chi connectivity index (χ0v) is 9.42. The van der Waals surface area contributed by atoms with Crippen molar-refractivity contribution in [2.45, 2.75) is 13.0 Å². The molecule has 2 aromatic rings. The number of hydrogen-bond acceptors (Lipinski definition) is 5. The predicted molar refractivity (Wildman–Crippen MR) is 59.7 cm³/mol. The van der Waals surface area contributed by atoms with E-state index in [0.717, 1.165) is 17.9 Å². The lowest BCUT2D eigenvalue weighted by Gasteiger charge is -2.07. The third-order valence-electron chi connectivity index (χ3n) is 2.48. The van der Waals surface area contributed by atoms with Crippen molar-refractivity contribution in [3.63, 3.8) is 0 Å². The van der Waals surface area contributed by atoms with Crippen LogP contribution in [0.4, 0.5) is 0 Å². The van der Waals surface area contributed by atoms with Crippen molar-refractivity contribution in [2.24, 2.45) is 0 Å². The van der Waals surface area contributed by atoms with Gasteiger partial charge in [-0.15, -0.1) is 0 Å². The summed E-state index contributed by atoms with van der Waals surface area (Å²) in [6, 6.07) is 7.64. The number of aryl methyl sites for hydroxylation is 1. The fourth-order valence-electron chi connectivity index (χ4n) is 1.53. The summed E-state index contributed by atoms with van der Waals surface area (Å²) in [5.74, 6) is 1.85. The number of nitrogens with zero attached hydrogens (tertiary/aromatic N) is 2. The first-order chi connectivity index (χ1) is 8.33. The molecule has 0 aliphatic carbocycles. The van der Waals surface area contributed by atoms with Crippen molar-refractivity contribution in [3.8, 4) is 17.1 Å². The highest BCUT2D eigenvalue weighted by atomic mass is 16.6. The Bertz CT molecular complexity index is 520. The van der Waals surface area contributed by atoms with Crippen LogP contribution in [-0.2, 0) is 4.74 Å². The van der Waals surface area contributed by atoms with Gasteiger partial charge in [-0.05, 0) is 12.1 Å². The number of epoxide rings is 1. The number of ether oxygens (including phenoxy) is 2. The van der Waals surface area contributed by atoms with Gasteiger partial charge in [-0.2, -0.15) is 4.98 Å². The van der Waals surface area contributed by atoms with E-state index in [1.807, 2.05) is 24.3 Å². The van der Waals surface area contributed by atoms with Gasteiger partial charge in [0, 0.05) is 6.92 Å². The molecule has 1 unspecified atom stereocenters. The van der Waals surface area contributed by atoms with Gasteiger partial charge in [0.1, 0.15) is 18.5 Å². The van der Waals surface area contributed by atoms with Crippen LogP contribution in [0.3, 0.4) is 0 Å². The van der Waals surface area contributed by atoms with Crippen molar-refractivity contribution in [1.29, 1.82) is 0 Å². The Morgan fingerprint density at radius 1 is 1.41 bits per heavy atom. The second-order valence-corrected chi connectivity index (χ2v) is 3.90. The van der Waals surface area contributed by atoms with E-state index >= 15 is 0 Å². The van der Waals surface area contributed by atoms with Gasteiger partial charge in [-0.25, -0.2) is 0 Å². The zero-order valence-electron chi connectivity index (χ0n) is 9.42. The van der Waals surface area contributed by atoms with E-state index < -0.39 is 0 Å². The zero-order chi connectivity index (χ0) is 11.7. The molecule has 2 heterocycles. The third-order valence-corrected chi connectivity index (χ3v) is 2.48. The van der Waals surface area contributed by atoms with E-state index in [1.165, 1.54) is 0 Å². The minimum absolute atomic E-state index is 0.232. The summed E-state index contributed by atoms with van der Waals surface area (Å²) in [4.78, 5) is 4.20. The van der Waals surface area contributed by atoms with Gasteiger partial charge >= 0.3 is 0 Å². The maximum absolute atomic E-state index is 5.68. The highest BCUT2D eigenvalue weighted by Gasteiger charge is 2.23. The van der Waals surface area contributed by atoms with Gasteiger partial charge in [-0.3, -0.25) is 0 Å². The van der Waals surface area contributed by atoms with Crippen LogP contribution < -0.4 is 4.74 Å². The molecule has 5 nitrogen and oxygen atoms in total. The summed E-state index contributed by atoms with van der Waals surface area (Å²) in [7, 11) is 0. The first kappa shape index (κ1) is 10.3. The monoisotopic (exact) mass is 232 g/mol. The first-order valence-electron chi connectivity index (χ1n) is 5.47. The van der Waals surface area contributed by atoms with Crippen molar-refractivity contribution in [1.82, 2.24) is 10.1 Å².